The van der Waals surface area contributed by atoms with Gasteiger partial charge in [-0.2, -0.15) is 0 Å². The predicted molar refractivity (Wildman–Crippen MR) is 150 cm³/mol. The molecular formula is C31H39N5O2. The van der Waals surface area contributed by atoms with Gasteiger partial charge in [-0.1, -0.05) is 18.2 Å². The molecule has 0 bridgehead atoms. The number of hydrogen-bond acceptors (Lipinski definition) is 6. The molecule has 0 atom stereocenters. The van der Waals surface area contributed by atoms with Crippen molar-refractivity contribution in [3.63, 3.8) is 0 Å². The molecule has 7 rings (SSSR count). The number of nitrogens with zero attached hydrogens (tertiary/aromatic N) is 5. The van der Waals surface area contributed by atoms with Gasteiger partial charge in [-0.25, -0.2) is 4.98 Å². The van der Waals surface area contributed by atoms with Gasteiger partial charge in [-0.15, -0.1) is 0 Å². The topological polar surface area (TPSA) is 46.0 Å². The molecule has 7 nitrogen and oxygen atoms in total. The molecule has 0 N–H and O–H groups in total. The van der Waals surface area contributed by atoms with Gasteiger partial charge in [0, 0.05) is 44.6 Å². The van der Waals surface area contributed by atoms with Crippen molar-refractivity contribution in [2.24, 2.45) is 5.41 Å². The zero-order valence-electron chi connectivity index (χ0n) is 22.6. The molecule has 4 aliphatic heterocycles. The van der Waals surface area contributed by atoms with E-state index in [1.807, 2.05) is 0 Å². The lowest BCUT2D eigenvalue weighted by atomic mass is 9.71. The zero-order valence-corrected chi connectivity index (χ0v) is 22.6. The Morgan fingerprint density at radius 2 is 1.55 bits per heavy atom. The number of benzene rings is 2. The first kappa shape index (κ1) is 24.2. The van der Waals surface area contributed by atoms with E-state index in [2.05, 4.69) is 75.0 Å². The molecule has 38 heavy (non-hydrogen) atoms. The Bertz CT molecular complexity index is 1260. The number of imidazole rings is 1. The van der Waals surface area contributed by atoms with Crippen LogP contribution in [0.15, 0.2) is 48.7 Å². The van der Waals surface area contributed by atoms with Gasteiger partial charge in [-0.05, 0) is 86.6 Å². The molecule has 1 spiro atoms. The smallest absolute Gasteiger partial charge is 0.151 e. The normalized spacial score (nSPS) is 21.7. The summed E-state index contributed by atoms with van der Waals surface area (Å²) in [6.07, 6.45) is 7.57. The van der Waals surface area contributed by atoms with Crippen LogP contribution in [0.2, 0.25) is 0 Å². The van der Waals surface area contributed by atoms with Crippen LogP contribution in [0.1, 0.15) is 37.2 Å². The minimum Gasteiger partial charge on any atom is -0.483 e. The molecule has 7 heteroatoms. The van der Waals surface area contributed by atoms with Crippen LogP contribution >= 0.6 is 0 Å². The number of piperidine rings is 2. The highest BCUT2D eigenvalue weighted by molar-refractivity contribution is 5.70. The highest BCUT2D eigenvalue weighted by Gasteiger charge is 2.36. The number of morpholine rings is 1. The average molecular weight is 514 g/mol. The van der Waals surface area contributed by atoms with Crippen molar-refractivity contribution in [3.05, 3.63) is 60.2 Å². The molecule has 2 aromatic carbocycles. The number of ether oxygens (including phenoxy) is 2. The van der Waals surface area contributed by atoms with Crippen LogP contribution in [0, 0.1) is 5.41 Å². The van der Waals surface area contributed by atoms with Crippen LogP contribution in [0.4, 0.5) is 5.69 Å². The molecule has 0 radical (unpaired) electrons. The quantitative estimate of drug-likeness (QED) is 0.509. The highest BCUT2D eigenvalue weighted by Crippen LogP contribution is 2.42. The fraction of sp³-hybridized carbons (Fsp3) is 0.516. The average Bonchev–Trinajstić information content (AvgIpc) is 3.38. The van der Waals surface area contributed by atoms with Crippen LogP contribution in [-0.2, 0) is 17.9 Å². The van der Waals surface area contributed by atoms with Crippen LogP contribution < -0.4 is 9.64 Å². The van der Waals surface area contributed by atoms with Crippen LogP contribution in [0.5, 0.6) is 5.75 Å². The second kappa shape index (κ2) is 10.0. The Hall–Kier alpha value is -2.87. The summed E-state index contributed by atoms with van der Waals surface area (Å²) < 4.78 is 13.9. The maximum atomic E-state index is 6.17. The summed E-state index contributed by atoms with van der Waals surface area (Å²) in [7, 11) is 2.26. The Kier molecular flexibility index (Phi) is 6.38. The number of likely N-dealkylation sites (tertiary alicyclic amines) is 1. The van der Waals surface area contributed by atoms with Gasteiger partial charge in [0.15, 0.2) is 5.82 Å². The molecule has 3 saturated heterocycles. The van der Waals surface area contributed by atoms with Crippen molar-refractivity contribution in [1.82, 2.24) is 19.4 Å². The van der Waals surface area contributed by atoms with E-state index in [4.69, 9.17) is 14.5 Å². The monoisotopic (exact) mass is 513 g/mol. The third-order valence-electron chi connectivity index (χ3n) is 9.33. The van der Waals surface area contributed by atoms with E-state index in [-0.39, 0.29) is 0 Å². The number of fused-ring (bicyclic) bond motifs is 3. The van der Waals surface area contributed by atoms with Crippen molar-refractivity contribution < 1.29 is 9.47 Å². The molecule has 0 amide bonds. The molecule has 0 unspecified atom stereocenters. The van der Waals surface area contributed by atoms with E-state index >= 15 is 0 Å². The first-order valence-electron chi connectivity index (χ1n) is 14.3. The Labute approximate surface area is 226 Å². The van der Waals surface area contributed by atoms with E-state index in [1.165, 1.54) is 68.7 Å². The van der Waals surface area contributed by atoms with Gasteiger partial charge in [0.1, 0.15) is 12.4 Å². The van der Waals surface area contributed by atoms with E-state index in [0.29, 0.717) is 12.0 Å². The minimum absolute atomic E-state index is 0.505. The summed E-state index contributed by atoms with van der Waals surface area (Å²) in [5.74, 6) is 1.90. The molecule has 5 heterocycles. The van der Waals surface area contributed by atoms with E-state index < -0.39 is 0 Å². The number of aromatic nitrogens is 2. The number of rotatable bonds is 4. The third-order valence-corrected chi connectivity index (χ3v) is 9.33. The largest absolute Gasteiger partial charge is 0.483 e. The Morgan fingerprint density at radius 1 is 0.842 bits per heavy atom. The molecule has 1 aromatic heterocycles. The first-order valence-corrected chi connectivity index (χ1v) is 14.3. The van der Waals surface area contributed by atoms with E-state index in [9.17, 15) is 0 Å². The first-order chi connectivity index (χ1) is 18.6. The molecule has 3 fully saturated rings. The Morgan fingerprint density at radius 3 is 2.32 bits per heavy atom. The maximum absolute atomic E-state index is 6.17. The lowest BCUT2D eigenvalue weighted by Crippen LogP contribution is -2.46. The second-order valence-corrected chi connectivity index (χ2v) is 11.7. The van der Waals surface area contributed by atoms with Crippen molar-refractivity contribution in [3.8, 4) is 22.6 Å². The Balaban J connectivity index is 1.03. The summed E-state index contributed by atoms with van der Waals surface area (Å²) in [6.45, 7) is 9.78. The van der Waals surface area contributed by atoms with Crippen LogP contribution in [0.25, 0.3) is 16.8 Å². The van der Waals surface area contributed by atoms with Crippen LogP contribution in [0.3, 0.4) is 0 Å². The molecule has 0 aliphatic carbocycles. The van der Waals surface area contributed by atoms with Gasteiger partial charge in [-0.3, -0.25) is 9.47 Å². The molecule has 0 saturated carbocycles. The maximum Gasteiger partial charge on any atom is 0.151 e. The van der Waals surface area contributed by atoms with Gasteiger partial charge in [0.2, 0.25) is 0 Å². The standard InChI is InChI=1S/C31H39N5O2/c1-33-12-8-31(9-13-33)10-14-35(15-11-31)27-5-2-24(3-6-27)25-4-7-28-29(20-25)38-23-30-32-26(22-36(28)30)21-34-16-18-37-19-17-34/h2-7,20,22H,8-19,21,23H2,1H3. The number of anilines is 1. The molecular weight excluding hydrogens is 474 g/mol. The van der Waals surface area contributed by atoms with Crippen LogP contribution in [-0.4, -0.2) is 78.9 Å². The lowest BCUT2D eigenvalue weighted by Gasteiger charge is -2.46. The summed E-state index contributed by atoms with van der Waals surface area (Å²) in [5.41, 5.74) is 6.53. The summed E-state index contributed by atoms with van der Waals surface area (Å²) in [6, 6.07) is 15.7. The van der Waals surface area contributed by atoms with Gasteiger partial charge >= 0.3 is 0 Å². The highest BCUT2D eigenvalue weighted by atomic mass is 16.5. The van der Waals surface area contributed by atoms with E-state index in [1.54, 1.807) is 0 Å². The lowest BCUT2D eigenvalue weighted by molar-refractivity contribution is 0.0337. The third kappa shape index (κ3) is 4.72. The molecule has 4 aliphatic rings. The van der Waals surface area contributed by atoms with Crippen molar-refractivity contribution in [1.29, 1.82) is 0 Å². The van der Waals surface area contributed by atoms with Gasteiger partial charge in [0.05, 0.1) is 24.6 Å². The molecule has 200 valence electrons. The fourth-order valence-corrected chi connectivity index (χ4v) is 6.69. The minimum atomic E-state index is 0.505. The molecule has 3 aromatic rings. The summed E-state index contributed by atoms with van der Waals surface area (Å²) in [4.78, 5) is 12.3. The predicted octanol–water partition coefficient (Wildman–Crippen LogP) is 4.58. The van der Waals surface area contributed by atoms with Gasteiger partial charge in [0.25, 0.3) is 0 Å². The summed E-state index contributed by atoms with van der Waals surface area (Å²) in [5, 5.41) is 0. The summed E-state index contributed by atoms with van der Waals surface area (Å²) >= 11 is 0. The van der Waals surface area contributed by atoms with Crippen molar-refractivity contribution in [2.45, 2.75) is 38.8 Å². The zero-order chi connectivity index (χ0) is 25.5. The van der Waals surface area contributed by atoms with E-state index in [0.717, 1.165) is 55.8 Å². The fourth-order valence-electron chi connectivity index (χ4n) is 6.69. The van der Waals surface area contributed by atoms with Gasteiger partial charge < -0.3 is 19.3 Å². The number of hydrogen-bond donors (Lipinski definition) is 0. The SMILES string of the molecule is CN1CCC2(CC1)CCN(c1ccc(-c3ccc4c(c3)OCc3nc(CN5CCOCC5)cn3-4)cc1)CC2. The second-order valence-electron chi connectivity index (χ2n) is 11.7. The van der Waals surface area contributed by atoms with Crippen molar-refractivity contribution in [2.75, 3.05) is 64.4 Å². The van der Waals surface area contributed by atoms with Crippen molar-refractivity contribution >= 4 is 5.69 Å².